The number of ether oxygens (including phenoxy) is 2. The van der Waals surface area contributed by atoms with Crippen molar-refractivity contribution in [3.05, 3.63) is 29.3 Å². The molecule has 1 aromatic rings. The number of hydrogen-bond donors (Lipinski definition) is 1. The van der Waals surface area contributed by atoms with E-state index in [0.29, 0.717) is 5.92 Å². The lowest BCUT2D eigenvalue weighted by atomic mass is 9.93. The summed E-state index contributed by atoms with van der Waals surface area (Å²) in [7, 11) is 0. The minimum atomic E-state index is 0.0785. The third-order valence-corrected chi connectivity index (χ3v) is 3.76. The summed E-state index contributed by atoms with van der Waals surface area (Å²) in [5.74, 6) is 1.65. The number of rotatable bonds is 3. The van der Waals surface area contributed by atoms with Crippen LogP contribution in [0.3, 0.4) is 0 Å². The van der Waals surface area contributed by atoms with E-state index < -0.39 is 0 Å². The molecule has 0 bridgehead atoms. The average molecular weight is 233 g/mol. The van der Waals surface area contributed by atoms with E-state index in [4.69, 9.17) is 15.2 Å². The van der Waals surface area contributed by atoms with E-state index in [9.17, 15) is 0 Å². The fraction of sp³-hybridized carbons (Fsp3) is 0.571. The fourth-order valence-corrected chi connectivity index (χ4v) is 2.79. The first-order valence-corrected chi connectivity index (χ1v) is 6.42. The van der Waals surface area contributed by atoms with Gasteiger partial charge in [-0.05, 0) is 24.3 Å². The Morgan fingerprint density at radius 3 is 3.12 bits per heavy atom. The van der Waals surface area contributed by atoms with Gasteiger partial charge in [0.05, 0.1) is 6.61 Å². The van der Waals surface area contributed by atoms with Crippen molar-refractivity contribution < 1.29 is 9.47 Å². The Morgan fingerprint density at radius 2 is 2.29 bits per heavy atom. The number of fused-ring (bicyclic) bond motifs is 1. The molecule has 0 aliphatic carbocycles. The van der Waals surface area contributed by atoms with Crippen LogP contribution < -0.4 is 10.5 Å². The second-order valence-corrected chi connectivity index (χ2v) is 5.01. The second-order valence-electron chi connectivity index (χ2n) is 5.01. The predicted molar refractivity (Wildman–Crippen MR) is 66.1 cm³/mol. The minimum absolute atomic E-state index is 0.0785. The van der Waals surface area contributed by atoms with E-state index >= 15 is 0 Å². The molecule has 1 saturated heterocycles. The summed E-state index contributed by atoms with van der Waals surface area (Å²) in [6.45, 7) is 2.55. The zero-order valence-electron chi connectivity index (χ0n) is 10.0. The normalized spacial score (nSPS) is 24.4. The molecule has 0 spiro atoms. The van der Waals surface area contributed by atoms with Gasteiger partial charge in [-0.2, -0.15) is 0 Å². The molecule has 92 valence electrons. The maximum absolute atomic E-state index is 6.31. The lowest BCUT2D eigenvalue weighted by Gasteiger charge is -2.18. The summed E-state index contributed by atoms with van der Waals surface area (Å²) in [6.07, 6.45) is 3.16. The zero-order chi connectivity index (χ0) is 11.7. The van der Waals surface area contributed by atoms with Crippen LogP contribution in [0.25, 0.3) is 0 Å². The van der Waals surface area contributed by atoms with Crippen LogP contribution in [0.15, 0.2) is 18.2 Å². The summed E-state index contributed by atoms with van der Waals surface area (Å²) in [4.78, 5) is 0. The molecule has 3 heteroatoms. The molecule has 17 heavy (non-hydrogen) atoms. The van der Waals surface area contributed by atoms with E-state index in [1.165, 1.54) is 11.1 Å². The van der Waals surface area contributed by atoms with Crippen molar-refractivity contribution in [2.45, 2.75) is 25.3 Å². The van der Waals surface area contributed by atoms with Crippen LogP contribution in [-0.2, 0) is 11.2 Å². The van der Waals surface area contributed by atoms with Crippen molar-refractivity contribution in [1.29, 1.82) is 0 Å². The Hall–Kier alpha value is -1.06. The van der Waals surface area contributed by atoms with Gasteiger partial charge < -0.3 is 15.2 Å². The first kappa shape index (κ1) is 11.1. The van der Waals surface area contributed by atoms with Gasteiger partial charge in [0, 0.05) is 31.2 Å². The molecule has 0 amide bonds. The molecule has 2 heterocycles. The summed E-state index contributed by atoms with van der Waals surface area (Å²) < 4.78 is 11.1. The van der Waals surface area contributed by atoms with Gasteiger partial charge >= 0.3 is 0 Å². The lowest BCUT2D eigenvalue weighted by Crippen LogP contribution is -2.16. The molecule has 2 unspecified atom stereocenters. The van der Waals surface area contributed by atoms with Crippen LogP contribution in [-0.4, -0.2) is 19.8 Å². The zero-order valence-corrected chi connectivity index (χ0v) is 10.0. The van der Waals surface area contributed by atoms with E-state index in [2.05, 4.69) is 18.2 Å². The van der Waals surface area contributed by atoms with Crippen molar-refractivity contribution in [3.63, 3.8) is 0 Å². The highest BCUT2D eigenvalue weighted by Gasteiger charge is 2.24. The van der Waals surface area contributed by atoms with Crippen LogP contribution in [0.5, 0.6) is 5.75 Å². The third kappa shape index (κ3) is 2.17. The van der Waals surface area contributed by atoms with Crippen molar-refractivity contribution in [2.24, 2.45) is 11.7 Å². The molecule has 0 saturated carbocycles. The summed E-state index contributed by atoms with van der Waals surface area (Å²) in [5.41, 5.74) is 8.79. The topological polar surface area (TPSA) is 44.5 Å². The maximum Gasteiger partial charge on any atom is 0.127 e. The van der Waals surface area contributed by atoms with Crippen LogP contribution in [0.4, 0.5) is 0 Å². The molecular weight excluding hydrogens is 214 g/mol. The van der Waals surface area contributed by atoms with Crippen LogP contribution in [0.2, 0.25) is 0 Å². The summed E-state index contributed by atoms with van der Waals surface area (Å²) >= 11 is 0. The first-order chi connectivity index (χ1) is 8.34. The highest BCUT2D eigenvalue weighted by atomic mass is 16.5. The van der Waals surface area contributed by atoms with Crippen molar-refractivity contribution in [2.75, 3.05) is 19.8 Å². The highest BCUT2D eigenvalue weighted by Crippen LogP contribution is 2.35. The third-order valence-electron chi connectivity index (χ3n) is 3.76. The molecule has 2 atom stereocenters. The monoisotopic (exact) mass is 233 g/mol. The SMILES string of the molecule is NC(CC1CCOC1)c1cccc2c1OCC2. The highest BCUT2D eigenvalue weighted by molar-refractivity contribution is 5.45. The van der Waals surface area contributed by atoms with Crippen LogP contribution in [0.1, 0.15) is 30.0 Å². The van der Waals surface area contributed by atoms with Gasteiger partial charge in [-0.15, -0.1) is 0 Å². The number of para-hydroxylation sites is 1. The number of nitrogens with two attached hydrogens (primary N) is 1. The van der Waals surface area contributed by atoms with Gasteiger partial charge in [-0.1, -0.05) is 18.2 Å². The lowest BCUT2D eigenvalue weighted by molar-refractivity contribution is 0.182. The molecule has 0 radical (unpaired) electrons. The molecule has 0 aromatic heterocycles. The Balaban J connectivity index is 1.76. The van der Waals surface area contributed by atoms with E-state index in [1.54, 1.807) is 0 Å². The molecule has 2 N–H and O–H groups in total. The van der Waals surface area contributed by atoms with Gasteiger partial charge in [0.2, 0.25) is 0 Å². The Kier molecular flexibility index (Phi) is 3.04. The Labute approximate surface area is 102 Å². The van der Waals surface area contributed by atoms with E-state index in [-0.39, 0.29) is 6.04 Å². The summed E-state index contributed by atoms with van der Waals surface area (Å²) in [6, 6.07) is 6.41. The second kappa shape index (κ2) is 4.67. The quantitative estimate of drug-likeness (QED) is 0.869. The first-order valence-electron chi connectivity index (χ1n) is 6.42. The van der Waals surface area contributed by atoms with Gasteiger partial charge in [-0.3, -0.25) is 0 Å². The Morgan fingerprint density at radius 1 is 1.35 bits per heavy atom. The van der Waals surface area contributed by atoms with Crippen LogP contribution >= 0.6 is 0 Å². The fourth-order valence-electron chi connectivity index (χ4n) is 2.79. The molecule has 2 aliphatic rings. The smallest absolute Gasteiger partial charge is 0.127 e. The van der Waals surface area contributed by atoms with Crippen molar-refractivity contribution >= 4 is 0 Å². The van der Waals surface area contributed by atoms with Gasteiger partial charge in [-0.25, -0.2) is 0 Å². The van der Waals surface area contributed by atoms with Crippen LogP contribution in [0, 0.1) is 5.92 Å². The number of hydrogen-bond acceptors (Lipinski definition) is 3. The van der Waals surface area contributed by atoms with Gasteiger partial charge in [0.25, 0.3) is 0 Å². The van der Waals surface area contributed by atoms with E-state index in [1.807, 2.05) is 0 Å². The van der Waals surface area contributed by atoms with E-state index in [0.717, 1.165) is 44.8 Å². The average Bonchev–Trinajstić information content (AvgIpc) is 2.97. The predicted octanol–water partition coefficient (Wildman–Crippen LogP) is 2.05. The molecule has 2 aliphatic heterocycles. The van der Waals surface area contributed by atoms with Gasteiger partial charge in [0.15, 0.2) is 0 Å². The molecule has 3 nitrogen and oxygen atoms in total. The largest absolute Gasteiger partial charge is 0.493 e. The standard InChI is InChI=1S/C14H19NO2/c15-13(8-10-4-6-16-9-10)12-3-1-2-11-5-7-17-14(11)12/h1-3,10,13H,4-9,15H2. The minimum Gasteiger partial charge on any atom is -0.493 e. The molecule has 3 rings (SSSR count). The van der Waals surface area contributed by atoms with Crippen molar-refractivity contribution in [1.82, 2.24) is 0 Å². The molecule has 1 aromatic carbocycles. The van der Waals surface area contributed by atoms with Crippen molar-refractivity contribution in [3.8, 4) is 5.75 Å². The summed E-state index contributed by atoms with van der Waals surface area (Å²) in [5, 5.41) is 0. The molecular formula is C14H19NO2. The molecule has 1 fully saturated rings. The maximum atomic E-state index is 6.31. The number of benzene rings is 1. The Bertz CT molecular complexity index is 399. The van der Waals surface area contributed by atoms with Gasteiger partial charge in [0.1, 0.15) is 5.75 Å².